The zero-order valence-corrected chi connectivity index (χ0v) is 18.2. The van der Waals surface area contributed by atoms with Crippen molar-refractivity contribution in [2.75, 3.05) is 26.2 Å². The number of urea groups is 1. The minimum Gasteiger partial charge on any atom is -0.466 e. The summed E-state index contributed by atoms with van der Waals surface area (Å²) in [6.07, 6.45) is -5.74. The van der Waals surface area contributed by atoms with Crippen LogP contribution in [0.15, 0.2) is 42.5 Å². The molecule has 1 heterocycles. The Morgan fingerprint density at radius 1 is 1.03 bits per heavy atom. The van der Waals surface area contributed by atoms with Crippen LogP contribution in [0.1, 0.15) is 11.8 Å². The van der Waals surface area contributed by atoms with E-state index in [1.54, 1.807) is 23.1 Å². The molecule has 1 aliphatic heterocycles. The quantitative estimate of drug-likeness (QED) is 0.567. The molecule has 2 amide bonds. The summed E-state index contributed by atoms with van der Waals surface area (Å²) in [5.74, 6) is -0.160. The predicted molar refractivity (Wildman–Crippen MR) is 113 cm³/mol. The van der Waals surface area contributed by atoms with E-state index in [1.807, 2.05) is 0 Å². The molecule has 3 rings (SSSR count). The summed E-state index contributed by atoms with van der Waals surface area (Å²) >= 11 is 12.0. The first-order valence-electron chi connectivity index (χ1n) is 8.95. The van der Waals surface area contributed by atoms with E-state index in [4.69, 9.17) is 27.9 Å². The van der Waals surface area contributed by atoms with Crippen molar-refractivity contribution in [1.29, 1.82) is 0 Å². The molecule has 1 fully saturated rings. The van der Waals surface area contributed by atoms with Crippen LogP contribution in [0.25, 0.3) is 0 Å². The standard InChI is InChI=1S/C19H18Cl2F3N3O3.ClH/c20-15-6-1-12(11-16(15)21)17(26-18(28)27-9-7-25-8-10-27)29-13-2-4-14(5-3-13)30-19(22,23)24;/h1-6,11,17,25H,7-10H2,(H,26,28);1H. The fraction of sp³-hybridized carbons (Fsp3) is 0.316. The number of alkyl halides is 3. The maximum Gasteiger partial charge on any atom is 0.573 e. The topological polar surface area (TPSA) is 62.8 Å². The van der Waals surface area contributed by atoms with E-state index in [0.717, 1.165) is 12.1 Å². The summed E-state index contributed by atoms with van der Waals surface area (Å²) in [5, 5.41) is 6.53. The van der Waals surface area contributed by atoms with E-state index in [1.165, 1.54) is 12.1 Å². The summed E-state index contributed by atoms with van der Waals surface area (Å²) < 4.78 is 46.7. The van der Waals surface area contributed by atoms with Crippen molar-refractivity contribution in [3.05, 3.63) is 58.1 Å². The summed E-state index contributed by atoms with van der Waals surface area (Å²) in [6.45, 7) is 2.41. The van der Waals surface area contributed by atoms with Crippen molar-refractivity contribution in [2.24, 2.45) is 0 Å². The molecule has 1 unspecified atom stereocenters. The van der Waals surface area contributed by atoms with Gasteiger partial charge in [0.15, 0.2) is 6.23 Å². The number of nitrogens with zero attached hydrogens (tertiary/aromatic N) is 1. The normalized spacial score (nSPS) is 14.9. The van der Waals surface area contributed by atoms with Gasteiger partial charge >= 0.3 is 12.4 Å². The molecule has 170 valence electrons. The minimum atomic E-state index is -4.79. The lowest BCUT2D eigenvalue weighted by Gasteiger charge is -2.30. The Hall–Kier alpha value is -2.07. The Kier molecular flexibility index (Phi) is 8.93. The van der Waals surface area contributed by atoms with Crippen LogP contribution in [-0.4, -0.2) is 43.5 Å². The molecule has 0 saturated carbocycles. The highest BCUT2D eigenvalue weighted by Gasteiger charge is 2.31. The molecule has 2 N–H and O–H groups in total. The molecule has 31 heavy (non-hydrogen) atoms. The van der Waals surface area contributed by atoms with Crippen LogP contribution >= 0.6 is 35.6 Å². The molecule has 0 spiro atoms. The maximum atomic E-state index is 12.6. The second-order valence-corrected chi connectivity index (χ2v) is 7.19. The Balaban J connectivity index is 0.00000341. The number of amides is 2. The van der Waals surface area contributed by atoms with Crippen LogP contribution < -0.4 is 20.1 Å². The van der Waals surface area contributed by atoms with Gasteiger partial charge in [-0.3, -0.25) is 5.32 Å². The number of piperazine rings is 1. The van der Waals surface area contributed by atoms with Crippen LogP contribution in [0, 0.1) is 0 Å². The van der Waals surface area contributed by atoms with Gasteiger partial charge in [-0.25, -0.2) is 4.79 Å². The molecule has 1 saturated heterocycles. The molecule has 0 aliphatic carbocycles. The Morgan fingerprint density at radius 2 is 1.65 bits per heavy atom. The minimum absolute atomic E-state index is 0. The first-order chi connectivity index (χ1) is 14.2. The van der Waals surface area contributed by atoms with Gasteiger partial charge in [-0.05, 0) is 36.4 Å². The third kappa shape index (κ3) is 7.53. The van der Waals surface area contributed by atoms with Crippen LogP contribution in [0.4, 0.5) is 18.0 Å². The highest BCUT2D eigenvalue weighted by molar-refractivity contribution is 6.42. The van der Waals surface area contributed by atoms with Gasteiger partial charge in [0.25, 0.3) is 0 Å². The van der Waals surface area contributed by atoms with Gasteiger partial charge in [-0.15, -0.1) is 25.6 Å². The molecular formula is C19H19Cl3F3N3O3. The van der Waals surface area contributed by atoms with Crippen LogP contribution in [-0.2, 0) is 0 Å². The molecule has 2 aromatic carbocycles. The monoisotopic (exact) mass is 499 g/mol. The lowest BCUT2D eigenvalue weighted by molar-refractivity contribution is -0.274. The number of carbonyl (C=O) groups is 1. The first-order valence-corrected chi connectivity index (χ1v) is 9.70. The van der Waals surface area contributed by atoms with Crippen molar-refractivity contribution >= 4 is 41.6 Å². The van der Waals surface area contributed by atoms with E-state index in [0.29, 0.717) is 36.8 Å². The largest absolute Gasteiger partial charge is 0.573 e. The van der Waals surface area contributed by atoms with E-state index < -0.39 is 12.6 Å². The number of hydrogen-bond acceptors (Lipinski definition) is 4. The molecular weight excluding hydrogens is 482 g/mol. The van der Waals surface area contributed by atoms with Crippen LogP contribution in [0.2, 0.25) is 10.0 Å². The van der Waals surface area contributed by atoms with Gasteiger partial charge in [0, 0.05) is 31.7 Å². The molecule has 6 nitrogen and oxygen atoms in total. The van der Waals surface area contributed by atoms with Crippen molar-refractivity contribution in [3.8, 4) is 11.5 Å². The Labute approximate surface area is 193 Å². The number of ether oxygens (including phenoxy) is 2. The average molecular weight is 501 g/mol. The number of nitrogens with one attached hydrogen (secondary N) is 2. The van der Waals surface area contributed by atoms with Crippen molar-refractivity contribution < 1.29 is 27.4 Å². The Morgan fingerprint density at radius 3 is 2.23 bits per heavy atom. The van der Waals surface area contributed by atoms with Gasteiger partial charge in [0.1, 0.15) is 11.5 Å². The molecule has 0 radical (unpaired) electrons. The molecule has 0 bridgehead atoms. The lowest BCUT2D eigenvalue weighted by Crippen LogP contribution is -2.51. The molecule has 2 aromatic rings. The van der Waals surface area contributed by atoms with Gasteiger partial charge in [0.05, 0.1) is 10.0 Å². The number of halogens is 6. The summed E-state index contributed by atoms with van der Waals surface area (Å²) in [4.78, 5) is 14.3. The maximum absolute atomic E-state index is 12.6. The smallest absolute Gasteiger partial charge is 0.466 e. The zero-order valence-electron chi connectivity index (χ0n) is 15.9. The van der Waals surface area contributed by atoms with E-state index in [9.17, 15) is 18.0 Å². The average Bonchev–Trinajstić information content (AvgIpc) is 2.70. The van der Waals surface area contributed by atoms with E-state index >= 15 is 0 Å². The second kappa shape index (κ2) is 11.0. The highest BCUT2D eigenvalue weighted by atomic mass is 35.5. The molecule has 1 aliphatic rings. The van der Waals surface area contributed by atoms with Crippen molar-refractivity contribution in [1.82, 2.24) is 15.5 Å². The van der Waals surface area contributed by atoms with Crippen LogP contribution in [0.3, 0.4) is 0 Å². The fourth-order valence-corrected chi connectivity index (χ4v) is 3.09. The zero-order chi connectivity index (χ0) is 21.7. The van der Waals surface area contributed by atoms with Crippen molar-refractivity contribution in [2.45, 2.75) is 12.6 Å². The SMILES string of the molecule is Cl.O=C(NC(Oc1ccc(OC(F)(F)F)cc1)c1ccc(Cl)c(Cl)c1)N1CCNCC1. The summed E-state index contributed by atoms with van der Waals surface area (Å²) in [6, 6.07) is 9.26. The third-order valence-corrected chi connectivity index (χ3v) is 4.96. The van der Waals surface area contributed by atoms with Gasteiger partial charge in [-0.1, -0.05) is 29.3 Å². The van der Waals surface area contributed by atoms with Gasteiger partial charge in [-0.2, -0.15) is 0 Å². The highest BCUT2D eigenvalue weighted by Crippen LogP contribution is 2.29. The summed E-state index contributed by atoms with van der Waals surface area (Å²) in [5.41, 5.74) is 0.517. The number of carbonyl (C=O) groups excluding carboxylic acids is 1. The number of rotatable bonds is 5. The first kappa shape index (κ1) is 25.2. The second-order valence-electron chi connectivity index (χ2n) is 6.38. The molecule has 12 heteroatoms. The third-order valence-electron chi connectivity index (χ3n) is 4.22. The van der Waals surface area contributed by atoms with Gasteiger partial charge in [0.2, 0.25) is 0 Å². The van der Waals surface area contributed by atoms with E-state index in [-0.39, 0.29) is 35.0 Å². The van der Waals surface area contributed by atoms with Crippen molar-refractivity contribution in [3.63, 3.8) is 0 Å². The summed E-state index contributed by atoms with van der Waals surface area (Å²) in [7, 11) is 0. The van der Waals surface area contributed by atoms with E-state index in [2.05, 4.69) is 15.4 Å². The number of hydrogen-bond donors (Lipinski definition) is 2. The predicted octanol–water partition coefficient (Wildman–Crippen LogP) is 5.01. The Bertz CT molecular complexity index is 879. The lowest BCUT2D eigenvalue weighted by atomic mass is 10.2. The van der Waals surface area contributed by atoms with Gasteiger partial charge < -0.3 is 19.7 Å². The molecule has 1 atom stereocenters. The molecule has 0 aromatic heterocycles. The number of benzene rings is 2. The van der Waals surface area contributed by atoms with Crippen LogP contribution in [0.5, 0.6) is 11.5 Å². The fourth-order valence-electron chi connectivity index (χ4n) is 2.78.